The average Bonchev–Trinajstić information content (AvgIpc) is 3.00. The smallest absolute Gasteiger partial charge is 0.180 e. The van der Waals surface area contributed by atoms with Crippen molar-refractivity contribution in [1.29, 1.82) is 0 Å². The molecule has 1 aromatic heterocycles. The molecule has 0 aliphatic carbocycles. The zero-order valence-corrected chi connectivity index (χ0v) is 15.2. The molecule has 24 heavy (non-hydrogen) atoms. The monoisotopic (exact) mass is 367 g/mol. The number of ketones is 1. The molecule has 0 saturated carbocycles. The minimum atomic E-state index is 0. The van der Waals surface area contributed by atoms with Gasteiger partial charge >= 0.3 is 0 Å². The summed E-state index contributed by atoms with van der Waals surface area (Å²) in [5, 5.41) is 0.615. The molecular weight excluding hydrogens is 346 g/mol. The van der Waals surface area contributed by atoms with Crippen LogP contribution in [-0.2, 0) is 6.54 Å². The predicted molar refractivity (Wildman–Crippen MR) is 99.1 cm³/mol. The van der Waals surface area contributed by atoms with Crippen molar-refractivity contribution in [3.63, 3.8) is 0 Å². The van der Waals surface area contributed by atoms with Crippen LogP contribution < -0.4 is 10.5 Å². The van der Waals surface area contributed by atoms with Gasteiger partial charge in [-0.15, -0.1) is 23.7 Å². The van der Waals surface area contributed by atoms with E-state index in [1.807, 2.05) is 30.5 Å². The summed E-state index contributed by atoms with van der Waals surface area (Å²) in [5.41, 5.74) is 6.44. The number of ether oxygens (including phenoxy) is 1. The lowest BCUT2D eigenvalue weighted by atomic mass is 9.89. The number of nitrogens with zero attached hydrogens (tertiary/aromatic N) is 2. The third-order valence-electron chi connectivity index (χ3n) is 4.28. The van der Waals surface area contributed by atoms with Gasteiger partial charge in [-0.1, -0.05) is 0 Å². The summed E-state index contributed by atoms with van der Waals surface area (Å²) >= 11 is 1.54. The number of benzene rings is 1. The molecule has 0 atom stereocenters. The predicted octanol–water partition coefficient (Wildman–Crippen LogP) is 3.25. The Labute approximate surface area is 152 Å². The fraction of sp³-hybridized carbons (Fsp3) is 0.412. The lowest BCUT2D eigenvalue weighted by Crippen LogP contribution is -2.35. The maximum absolute atomic E-state index is 12.6. The van der Waals surface area contributed by atoms with Gasteiger partial charge in [0.25, 0.3) is 0 Å². The summed E-state index contributed by atoms with van der Waals surface area (Å²) < 4.78 is 5.14. The van der Waals surface area contributed by atoms with Crippen LogP contribution in [0.4, 0.5) is 5.13 Å². The van der Waals surface area contributed by atoms with Crippen molar-refractivity contribution in [2.75, 3.05) is 25.9 Å². The lowest BCUT2D eigenvalue weighted by Gasteiger charge is -2.30. The van der Waals surface area contributed by atoms with Crippen LogP contribution in [0.5, 0.6) is 5.75 Å². The molecule has 0 spiro atoms. The van der Waals surface area contributed by atoms with Gasteiger partial charge in [0.15, 0.2) is 10.9 Å². The number of Topliss-reactive ketones (excluding diaryl/α,β-unsaturated/α-hetero) is 1. The van der Waals surface area contributed by atoms with Crippen LogP contribution in [-0.4, -0.2) is 35.9 Å². The molecule has 1 saturated heterocycles. The van der Waals surface area contributed by atoms with E-state index in [1.54, 1.807) is 7.11 Å². The van der Waals surface area contributed by atoms with Crippen molar-refractivity contribution in [1.82, 2.24) is 9.88 Å². The molecule has 1 aliphatic rings. The molecule has 130 valence electrons. The third kappa shape index (κ3) is 4.47. The van der Waals surface area contributed by atoms with Gasteiger partial charge in [-0.2, -0.15) is 0 Å². The van der Waals surface area contributed by atoms with Crippen LogP contribution in [0.15, 0.2) is 30.5 Å². The molecule has 0 bridgehead atoms. The first-order chi connectivity index (χ1) is 11.2. The number of likely N-dealkylation sites (tertiary alicyclic amines) is 1. The minimum Gasteiger partial charge on any atom is -0.497 e. The number of halogens is 1. The Morgan fingerprint density at radius 2 is 2.00 bits per heavy atom. The van der Waals surface area contributed by atoms with Gasteiger partial charge in [0.2, 0.25) is 0 Å². The Morgan fingerprint density at radius 1 is 1.33 bits per heavy atom. The van der Waals surface area contributed by atoms with Crippen LogP contribution in [0.2, 0.25) is 0 Å². The topological polar surface area (TPSA) is 68.5 Å². The SMILES string of the molecule is COc1ccc(C(=O)C2CCN(Cc3cnc(N)s3)CC2)cc1.Cl. The number of methoxy groups -OCH3 is 1. The van der Waals surface area contributed by atoms with Gasteiger partial charge < -0.3 is 10.5 Å². The number of carbonyl (C=O) groups excluding carboxylic acids is 1. The quantitative estimate of drug-likeness (QED) is 0.821. The summed E-state index contributed by atoms with van der Waals surface area (Å²) in [4.78, 5) is 20.2. The Hall–Kier alpha value is -1.63. The van der Waals surface area contributed by atoms with Crippen molar-refractivity contribution in [3.05, 3.63) is 40.9 Å². The summed E-state index contributed by atoms with van der Waals surface area (Å²) in [6, 6.07) is 7.40. The number of hydrogen-bond donors (Lipinski definition) is 1. The van der Waals surface area contributed by atoms with Gasteiger partial charge in [0.1, 0.15) is 5.75 Å². The fourth-order valence-corrected chi connectivity index (χ4v) is 3.69. The number of rotatable bonds is 5. The van der Waals surface area contributed by atoms with Crippen molar-refractivity contribution in [2.24, 2.45) is 5.92 Å². The molecule has 1 fully saturated rings. The van der Waals surface area contributed by atoms with Gasteiger partial charge in [-0.25, -0.2) is 4.98 Å². The molecule has 0 radical (unpaired) electrons. The number of thiazole rings is 1. The first-order valence-electron chi connectivity index (χ1n) is 7.76. The normalized spacial score (nSPS) is 15.7. The van der Waals surface area contributed by atoms with E-state index in [4.69, 9.17) is 10.5 Å². The third-order valence-corrected chi connectivity index (χ3v) is 5.10. The van der Waals surface area contributed by atoms with Crippen molar-refractivity contribution < 1.29 is 9.53 Å². The van der Waals surface area contributed by atoms with Crippen LogP contribution in [0.25, 0.3) is 0 Å². The van der Waals surface area contributed by atoms with Crippen LogP contribution in [0.1, 0.15) is 28.1 Å². The zero-order chi connectivity index (χ0) is 16.2. The number of nitrogens with two attached hydrogens (primary N) is 1. The highest BCUT2D eigenvalue weighted by Crippen LogP contribution is 2.25. The number of anilines is 1. The highest BCUT2D eigenvalue weighted by molar-refractivity contribution is 7.15. The van der Waals surface area contributed by atoms with Crippen molar-refractivity contribution in [3.8, 4) is 5.75 Å². The van der Waals surface area contributed by atoms with Crippen molar-refractivity contribution >= 4 is 34.7 Å². The van der Waals surface area contributed by atoms with E-state index in [-0.39, 0.29) is 24.1 Å². The maximum Gasteiger partial charge on any atom is 0.180 e. The number of piperidine rings is 1. The van der Waals surface area contributed by atoms with E-state index >= 15 is 0 Å². The van der Waals surface area contributed by atoms with Crippen LogP contribution in [0.3, 0.4) is 0 Å². The van der Waals surface area contributed by atoms with Gasteiger partial charge in [-0.3, -0.25) is 9.69 Å². The molecular formula is C17H22ClN3O2S. The van der Waals surface area contributed by atoms with Gasteiger partial charge in [0.05, 0.1) is 7.11 Å². The number of nitrogen functional groups attached to an aromatic ring is 1. The largest absolute Gasteiger partial charge is 0.497 e. The van der Waals surface area contributed by atoms with E-state index in [0.29, 0.717) is 5.13 Å². The molecule has 3 rings (SSSR count). The van der Waals surface area contributed by atoms with E-state index in [1.165, 1.54) is 16.2 Å². The number of aromatic nitrogens is 1. The minimum absolute atomic E-state index is 0. The molecule has 0 unspecified atom stereocenters. The Morgan fingerprint density at radius 3 is 2.54 bits per heavy atom. The molecule has 2 heterocycles. The zero-order valence-electron chi connectivity index (χ0n) is 13.6. The molecule has 0 amide bonds. The van der Waals surface area contributed by atoms with Crippen molar-refractivity contribution in [2.45, 2.75) is 19.4 Å². The molecule has 1 aliphatic heterocycles. The maximum atomic E-state index is 12.6. The van der Waals surface area contributed by atoms with Gasteiger partial charge in [0, 0.05) is 29.1 Å². The van der Waals surface area contributed by atoms with Crippen LogP contribution >= 0.6 is 23.7 Å². The average molecular weight is 368 g/mol. The summed E-state index contributed by atoms with van der Waals surface area (Å²) in [6.45, 7) is 2.74. The fourth-order valence-electron chi connectivity index (χ4n) is 2.96. The highest BCUT2D eigenvalue weighted by atomic mass is 35.5. The van der Waals surface area contributed by atoms with Gasteiger partial charge in [-0.05, 0) is 50.2 Å². The van der Waals surface area contributed by atoms with E-state index in [0.717, 1.165) is 43.8 Å². The molecule has 2 N–H and O–H groups in total. The summed E-state index contributed by atoms with van der Waals surface area (Å²) in [5.74, 6) is 1.14. The number of hydrogen-bond acceptors (Lipinski definition) is 6. The first-order valence-corrected chi connectivity index (χ1v) is 8.58. The Balaban J connectivity index is 0.00000208. The second kappa shape index (κ2) is 8.46. The Kier molecular flexibility index (Phi) is 6.60. The molecule has 2 aromatic rings. The highest BCUT2D eigenvalue weighted by Gasteiger charge is 2.26. The van der Waals surface area contributed by atoms with Crippen LogP contribution in [0, 0.1) is 5.92 Å². The standard InChI is InChI=1S/C17H21N3O2S.ClH/c1-22-14-4-2-12(3-5-14)16(21)13-6-8-20(9-7-13)11-15-10-19-17(18)23-15;/h2-5,10,13H,6-9,11H2,1H3,(H2,18,19);1H. The van der Waals surface area contributed by atoms with E-state index in [2.05, 4.69) is 9.88 Å². The van der Waals surface area contributed by atoms with E-state index < -0.39 is 0 Å². The molecule has 1 aromatic carbocycles. The second-order valence-electron chi connectivity index (χ2n) is 5.81. The van der Waals surface area contributed by atoms with E-state index in [9.17, 15) is 4.79 Å². The molecule has 7 heteroatoms. The number of carbonyl (C=O) groups is 1. The Bertz CT molecular complexity index is 667. The summed E-state index contributed by atoms with van der Waals surface area (Å²) in [6.07, 6.45) is 3.65. The molecule has 5 nitrogen and oxygen atoms in total. The second-order valence-corrected chi connectivity index (χ2v) is 6.95. The summed E-state index contributed by atoms with van der Waals surface area (Å²) in [7, 11) is 1.63. The first kappa shape index (κ1) is 18.7. The lowest BCUT2D eigenvalue weighted by molar-refractivity contribution is 0.0835.